The Hall–Kier alpha value is -1.96. The molecule has 0 heterocycles. The molecule has 1 aromatic carbocycles. The van der Waals surface area contributed by atoms with E-state index < -0.39 is 23.7 Å². The van der Waals surface area contributed by atoms with Crippen LogP contribution in [-0.4, -0.2) is 23.0 Å². The van der Waals surface area contributed by atoms with Crippen LogP contribution in [0.25, 0.3) is 0 Å². The summed E-state index contributed by atoms with van der Waals surface area (Å²) in [5, 5.41) is 12.9. The highest BCUT2D eigenvalue weighted by Crippen LogP contribution is 2.22. The van der Waals surface area contributed by atoms with Crippen molar-refractivity contribution in [2.75, 3.05) is 5.32 Å². The molecule has 0 aliphatic heterocycles. The van der Waals surface area contributed by atoms with Crippen LogP contribution in [0.4, 0.5) is 14.9 Å². The summed E-state index contributed by atoms with van der Waals surface area (Å²) in [6.07, 6.45) is 0.760. The lowest BCUT2D eigenvalue weighted by atomic mass is 10.2. The topological polar surface area (TPSA) is 95.5 Å². The number of anilines is 1. The maximum Gasteiger partial charge on any atom is 0.325 e. The molecule has 6 nitrogen and oxygen atoms in total. The van der Waals surface area contributed by atoms with Crippen LogP contribution in [0.15, 0.2) is 22.7 Å². The molecule has 0 aromatic heterocycles. The zero-order chi connectivity index (χ0) is 15.8. The number of hydrogen-bond donors (Lipinski definition) is 3. The first-order chi connectivity index (χ1) is 9.88. The molecule has 0 spiro atoms. The standard InChI is InChI=1S/C13H14BrFN2O4/c14-9-6-5-8(15)7-10(9)16-13(21)17-11(18)3-1-2-4-12(19)20/h5-7H,1-4H2,(H,19,20)(H2,16,17,18,21). The fourth-order valence-corrected chi connectivity index (χ4v) is 1.84. The van der Waals surface area contributed by atoms with E-state index in [1.165, 1.54) is 12.1 Å². The number of halogens is 2. The lowest BCUT2D eigenvalue weighted by Gasteiger charge is -2.08. The van der Waals surface area contributed by atoms with E-state index in [9.17, 15) is 18.8 Å². The summed E-state index contributed by atoms with van der Waals surface area (Å²) in [6, 6.07) is 2.99. The number of urea groups is 1. The molecule has 21 heavy (non-hydrogen) atoms. The summed E-state index contributed by atoms with van der Waals surface area (Å²) in [5.41, 5.74) is 0.200. The van der Waals surface area contributed by atoms with E-state index in [0.717, 1.165) is 6.07 Å². The molecule has 0 radical (unpaired) electrons. The molecule has 114 valence electrons. The Labute approximate surface area is 128 Å². The summed E-state index contributed by atoms with van der Waals surface area (Å²) >= 11 is 3.14. The van der Waals surface area contributed by atoms with Gasteiger partial charge < -0.3 is 10.4 Å². The SMILES string of the molecule is O=C(O)CCCCC(=O)NC(=O)Nc1cc(F)ccc1Br. The van der Waals surface area contributed by atoms with Crippen molar-refractivity contribution in [2.45, 2.75) is 25.7 Å². The molecular weight excluding hydrogens is 347 g/mol. The summed E-state index contributed by atoms with van der Waals surface area (Å²) in [7, 11) is 0. The lowest BCUT2D eigenvalue weighted by molar-refractivity contribution is -0.137. The molecule has 8 heteroatoms. The Morgan fingerprint density at radius 2 is 1.86 bits per heavy atom. The van der Waals surface area contributed by atoms with Gasteiger partial charge in [-0.3, -0.25) is 14.9 Å². The third-order valence-corrected chi connectivity index (χ3v) is 3.17. The van der Waals surface area contributed by atoms with Gasteiger partial charge in [0.1, 0.15) is 5.82 Å². The number of aliphatic carboxylic acids is 1. The molecule has 1 aromatic rings. The second kappa shape index (κ2) is 8.35. The quantitative estimate of drug-likeness (QED) is 0.679. The highest BCUT2D eigenvalue weighted by molar-refractivity contribution is 9.10. The fraction of sp³-hybridized carbons (Fsp3) is 0.308. The zero-order valence-electron chi connectivity index (χ0n) is 11.0. The highest BCUT2D eigenvalue weighted by atomic mass is 79.9. The number of carboxylic acids is 1. The molecule has 3 N–H and O–H groups in total. The van der Waals surface area contributed by atoms with Crippen molar-refractivity contribution in [2.24, 2.45) is 0 Å². The van der Waals surface area contributed by atoms with Crippen LogP contribution in [0.2, 0.25) is 0 Å². The second-order valence-electron chi connectivity index (χ2n) is 4.23. The summed E-state index contributed by atoms with van der Waals surface area (Å²) < 4.78 is 13.5. The van der Waals surface area contributed by atoms with Gasteiger partial charge >= 0.3 is 12.0 Å². The minimum atomic E-state index is -0.927. The number of carbonyl (C=O) groups is 3. The molecule has 0 aliphatic carbocycles. The number of carbonyl (C=O) groups excluding carboxylic acids is 2. The number of nitrogens with one attached hydrogen (secondary N) is 2. The van der Waals surface area contributed by atoms with Crippen LogP contribution in [0.3, 0.4) is 0 Å². The first-order valence-electron chi connectivity index (χ1n) is 6.16. The van der Waals surface area contributed by atoms with E-state index in [-0.39, 0.29) is 18.5 Å². The van der Waals surface area contributed by atoms with Crippen molar-refractivity contribution in [1.82, 2.24) is 5.32 Å². The van der Waals surface area contributed by atoms with E-state index in [2.05, 4.69) is 26.6 Å². The van der Waals surface area contributed by atoms with E-state index in [1.54, 1.807) is 0 Å². The average molecular weight is 361 g/mol. The number of amides is 3. The molecule has 0 aliphatic rings. The van der Waals surface area contributed by atoms with Crippen molar-refractivity contribution in [3.8, 4) is 0 Å². The van der Waals surface area contributed by atoms with Crippen molar-refractivity contribution in [1.29, 1.82) is 0 Å². The third kappa shape index (κ3) is 6.84. The maximum absolute atomic E-state index is 13.0. The first kappa shape index (κ1) is 17.1. The van der Waals surface area contributed by atoms with E-state index >= 15 is 0 Å². The van der Waals surface area contributed by atoms with Gasteiger partial charge in [0.25, 0.3) is 0 Å². The van der Waals surface area contributed by atoms with Gasteiger partial charge in [-0.2, -0.15) is 0 Å². The lowest BCUT2D eigenvalue weighted by Crippen LogP contribution is -2.34. The Balaban J connectivity index is 2.37. The number of benzene rings is 1. The van der Waals surface area contributed by atoms with Crippen molar-refractivity contribution >= 4 is 39.5 Å². The summed E-state index contributed by atoms with van der Waals surface area (Å²) in [4.78, 5) is 33.3. The van der Waals surface area contributed by atoms with Gasteiger partial charge in [-0.25, -0.2) is 9.18 Å². The normalized spacial score (nSPS) is 10.0. The van der Waals surface area contributed by atoms with Crippen molar-refractivity contribution in [3.63, 3.8) is 0 Å². The van der Waals surface area contributed by atoms with Gasteiger partial charge in [-0.05, 0) is 47.0 Å². The van der Waals surface area contributed by atoms with E-state index in [4.69, 9.17) is 5.11 Å². The fourth-order valence-electron chi connectivity index (χ4n) is 1.50. The molecule has 1 rings (SSSR count). The Bertz CT molecular complexity index is 551. The Morgan fingerprint density at radius 1 is 1.19 bits per heavy atom. The van der Waals surface area contributed by atoms with Gasteiger partial charge in [-0.1, -0.05) is 0 Å². The molecule has 0 fully saturated rings. The number of carboxylic acid groups (broad SMARTS) is 1. The molecule has 0 atom stereocenters. The zero-order valence-corrected chi connectivity index (χ0v) is 12.6. The minimum absolute atomic E-state index is 0.0181. The molecule has 0 unspecified atom stereocenters. The predicted octanol–water partition coefficient (Wildman–Crippen LogP) is 2.88. The average Bonchev–Trinajstić information content (AvgIpc) is 2.38. The first-order valence-corrected chi connectivity index (χ1v) is 6.95. The predicted molar refractivity (Wildman–Crippen MR) is 77.4 cm³/mol. The van der Waals surface area contributed by atoms with Crippen LogP contribution >= 0.6 is 15.9 Å². The van der Waals surface area contributed by atoms with Crippen molar-refractivity contribution < 1.29 is 23.9 Å². The van der Waals surface area contributed by atoms with Gasteiger partial charge in [0.05, 0.1) is 5.69 Å². The molecular formula is C13H14BrFN2O4. The summed E-state index contributed by atoms with van der Waals surface area (Å²) in [5.74, 6) is -1.97. The van der Waals surface area contributed by atoms with Gasteiger partial charge in [-0.15, -0.1) is 0 Å². The summed E-state index contributed by atoms with van der Waals surface area (Å²) in [6.45, 7) is 0. The molecule has 3 amide bonds. The van der Waals surface area contributed by atoms with Crippen LogP contribution in [0.5, 0.6) is 0 Å². The van der Waals surface area contributed by atoms with Crippen LogP contribution in [-0.2, 0) is 9.59 Å². The van der Waals surface area contributed by atoms with Crippen LogP contribution in [0, 0.1) is 5.82 Å². The second-order valence-corrected chi connectivity index (χ2v) is 5.08. The minimum Gasteiger partial charge on any atom is -0.481 e. The van der Waals surface area contributed by atoms with E-state index in [1.807, 2.05) is 0 Å². The van der Waals surface area contributed by atoms with Gasteiger partial charge in [0.2, 0.25) is 5.91 Å². The largest absolute Gasteiger partial charge is 0.481 e. The Morgan fingerprint density at radius 3 is 2.52 bits per heavy atom. The van der Waals surface area contributed by atoms with E-state index in [0.29, 0.717) is 17.3 Å². The van der Waals surface area contributed by atoms with Gasteiger partial charge in [0.15, 0.2) is 0 Å². The Kier molecular flexibility index (Phi) is 6.80. The monoisotopic (exact) mass is 360 g/mol. The van der Waals surface area contributed by atoms with Gasteiger partial charge in [0, 0.05) is 17.3 Å². The smallest absolute Gasteiger partial charge is 0.325 e. The molecule has 0 saturated carbocycles. The number of imide groups is 1. The van der Waals surface area contributed by atoms with Crippen LogP contribution in [0.1, 0.15) is 25.7 Å². The van der Waals surface area contributed by atoms with Crippen LogP contribution < -0.4 is 10.6 Å². The highest BCUT2D eigenvalue weighted by Gasteiger charge is 2.10. The number of unbranched alkanes of at least 4 members (excludes halogenated alkanes) is 1. The maximum atomic E-state index is 13.0. The van der Waals surface area contributed by atoms with Crippen molar-refractivity contribution in [3.05, 3.63) is 28.5 Å². The third-order valence-electron chi connectivity index (χ3n) is 2.47. The molecule has 0 bridgehead atoms. The molecule has 0 saturated heterocycles. The number of rotatable bonds is 6. The number of hydrogen-bond acceptors (Lipinski definition) is 3.